The van der Waals surface area contributed by atoms with Crippen molar-refractivity contribution in [1.82, 2.24) is 9.88 Å². The number of thiophene rings is 1. The largest absolute Gasteiger partial charge is 0.465 e. The Labute approximate surface area is 122 Å². The molecule has 0 amide bonds. The lowest BCUT2D eigenvalue weighted by Gasteiger charge is -2.26. The predicted molar refractivity (Wildman–Crippen MR) is 77.7 cm³/mol. The summed E-state index contributed by atoms with van der Waals surface area (Å²) in [5.74, 6) is -0.343. The van der Waals surface area contributed by atoms with Gasteiger partial charge >= 0.3 is 5.97 Å². The molecule has 3 rings (SSSR count). The Bertz CT molecular complexity index is 607. The number of esters is 1. The van der Waals surface area contributed by atoms with Crippen LogP contribution in [0.1, 0.15) is 26.5 Å². The van der Waals surface area contributed by atoms with Crippen LogP contribution >= 0.6 is 11.3 Å². The van der Waals surface area contributed by atoms with Gasteiger partial charge in [-0.2, -0.15) is 0 Å². The first-order valence-corrected chi connectivity index (χ1v) is 7.45. The van der Waals surface area contributed by atoms with Gasteiger partial charge in [0, 0.05) is 30.7 Å². The first-order chi connectivity index (χ1) is 9.76. The van der Waals surface area contributed by atoms with Crippen LogP contribution in [0.4, 0.5) is 0 Å². The Morgan fingerprint density at radius 1 is 1.45 bits per heavy atom. The van der Waals surface area contributed by atoms with Gasteiger partial charge < -0.3 is 4.74 Å². The first kappa shape index (κ1) is 13.3. The van der Waals surface area contributed by atoms with Gasteiger partial charge in [-0.25, -0.2) is 4.79 Å². The third kappa shape index (κ3) is 2.73. The van der Waals surface area contributed by atoms with Crippen molar-refractivity contribution in [2.24, 2.45) is 0 Å². The molecule has 4 nitrogen and oxygen atoms in total. The van der Waals surface area contributed by atoms with Crippen molar-refractivity contribution in [3.05, 3.63) is 51.5 Å². The number of rotatable bonds is 3. The van der Waals surface area contributed by atoms with E-state index < -0.39 is 0 Å². The number of hydrogen-bond acceptors (Lipinski definition) is 5. The molecule has 5 heteroatoms. The predicted octanol–water partition coefficient (Wildman–Crippen LogP) is 2.49. The molecule has 0 bridgehead atoms. The standard InChI is InChI=1S/C15H16N2O2S/c1-19-15(18)11-2-3-13(16-8-11)10-17-6-4-14-12(9-17)5-7-20-14/h2-3,5,7-8H,4,6,9-10H2,1H3. The van der Waals surface area contributed by atoms with Crippen LogP contribution in [0.15, 0.2) is 29.8 Å². The third-order valence-corrected chi connectivity index (χ3v) is 4.54. The second-order valence-corrected chi connectivity index (χ2v) is 5.86. The van der Waals surface area contributed by atoms with E-state index in [0.717, 1.165) is 31.7 Å². The second kappa shape index (κ2) is 5.73. The van der Waals surface area contributed by atoms with Gasteiger partial charge in [0.25, 0.3) is 0 Å². The van der Waals surface area contributed by atoms with Gasteiger partial charge in [0.05, 0.1) is 18.4 Å². The summed E-state index contributed by atoms with van der Waals surface area (Å²) in [4.78, 5) is 19.6. The van der Waals surface area contributed by atoms with Gasteiger partial charge in [0.15, 0.2) is 0 Å². The van der Waals surface area contributed by atoms with E-state index in [1.54, 1.807) is 12.3 Å². The summed E-state index contributed by atoms with van der Waals surface area (Å²) in [6.45, 7) is 2.87. The highest BCUT2D eigenvalue weighted by Gasteiger charge is 2.17. The van der Waals surface area contributed by atoms with E-state index >= 15 is 0 Å². The summed E-state index contributed by atoms with van der Waals surface area (Å²) < 4.78 is 4.67. The smallest absolute Gasteiger partial charge is 0.339 e. The number of nitrogens with zero attached hydrogens (tertiary/aromatic N) is 2. The van der Waals surface area contributed by atoms with Crippen LogP contribution in [0.25, 0.3) is 0 Å². The minimum atomic E-state index is -0.343. The van der Waals surface area contributed by atoms with E-state index in [2.05, 4.69) is 26.1 Å². The Balaban J connectivity index is 1.65. The van der Waals surface area contributed by atoms with Crippen molar-refractivity contribution < 1.29 is 9.53 Å². The number of hydrogen-bond donors (Lipinski definition) is 0. The molecule has 2 aromatic heterocycles. The van der Waals surface area contributed by atoms with E-state index in [1.165, 1.54) is 17.6 Å². The van der Waals surface area contributed by atoms with E-state index in [9.17, 15) is 4.79 Å². The van der Waals surface area contributed by atoms with Crippen LogP contribution in [-0.4, -0.2) is 29.5 Å². The lowest BCUT2D eigenvalue weighted by Crippen LogP contribution is -2.29. The van der Waals surface area contributed by atoms with Crippen LogP contribution < -0.4 is 0 Å². The van der Waals surface area contributed by atoms with Crippen LogP contribution in [0.3, 0.4) is 0 Å². The molecule has 0 radical (unpaired) electrons. The SMILES string of the molecule is COC(=O)c1ccc(CN2CCc3sccc3C2)nc1. The van der Waals surface area contributed by atoms with E-state index in [-0.39, 0.29) is 5.97 Å². The fourth-order valence-electron chi connectivity index (χ4n) is 2.43. The maximum absolute atomic E-state index is 11.4. The topological polar surface area (TPSA) is 42.4 Å². The number of methoxy groups -OCH3 is 1. The van der Waals surface area contributed by atoms with Crippen molar-refractivity contribution in [3.8, 4) is 0 Å². The molecule has 0 saturated carbocycles. The molecule has 1 aliphatic rings. The molecule has 1 aliphatic heterocycles. The highest BCUT2D eigenvalue weighted by atomic mass is 32.1. The molecule has 0 atom stereocenters. The average molecular weight is 288 g/mol. The molecule has 0 saturated heterocycles. The number of carbonyl (C=O) groups excluding carboxylic acids is 1. The summed E-state index contributed by atoms with van der Waals surface area (Å²) in [6.07, 6.45) is 2.70. The number of pyridine rings is 1. The molecular formula is C15H16N2O2S. The Morgan fingerprint density at radius 2 is 2.35 bits per heavy atom. The molecule has 3 heterocycles. The minimum absolute atomic E-state index is 0.343. The van der Waals surface area contributed by atoms with Crippen molar-refractivity contribution in [3.63, 3.8) is 0 Å². The quantitative estimate of drug-likeness (QED) is 0.814. The lowest BCUT2D eigenvalue weighted by atomic mass is 10.1. The molecule has 2 aromatic rings. The number of ether oxygens (including phenoxy) is 1. The fraction of sp³-hybridized carbons (Fsp3) is 0.333. The highest BCUT2D eigenvalue weighted by molar-refractivity contribution is 7.10. The zero-order valence-corrected chi connectivity index (χ0v) is 12.2. The third-order valence-electron chi connectivity index (χ3n) is 3.52. The van der Waals surface area contributed by atoms with E-state index in [4.69, 9.17) is 0 Å². The lowest BCUT2D eigenvalue weighted by molar-refractivity contribution is 0.0600. The molecule has 104 valence electrons. The van der Waals surface area contributed by atoms with E-state index in [0.29, 0.717) is 5.56 Å². The van der Waals surface area contributed by atoms with Gasteiger partial charge in [-0.3, -0.25) is 9.88 Å². The molecule has 0 N–H and O–H groups in total. The summed E-state index contributed by atoms with van der Waals surface area (Å²) in [6, 6.07) is 5.88. The second-order valence-electron chi connectivity index (χ2n) is 4.86. The summed E-state index contributed by atoms with van der Waals surface area (Å²) >= 11 is 1.85. The zero-order chi connectivity index (χ0) is 13.9. The summed E-state index contributed by atoms with van der Waals surface area (Å²) in [5, 5.41) is 2.16. The summed E-state index contributed by atoms with van der Waals surface area (Å²) in [5.41, 5.74) is 2.92. The Hall–Kier alpha value is -1.72. The molecule has 0 unspecified atom stereocenters. The van der Waals surface area contributed by atoms with Gasteiger partial charge in [-0.05, 0) is 35.6 Å². The molecule has 0 aliphatic carbocycles. The molecule has 0 aromatic carbocycles. The number of fused-ring (bicyclic) bond motifs is 1. The fourth-order valence-corrected chi connectivity index (χ4v) is 3.32. The van der Waals surface area contributed by atoms with Crippen molar-refractivity contribution >= 4 is 17.3 Å². The average Bonchev–Trinajstić information content (AvgIpc) is 2.95. The van der Waals surface area contributed by atoms with Gasteiger partial charge in [0.1, 0.15) is 0 Å². The molecule has 20 heavy (non-hydrogen) atoms. The van der Waals surface area contributed by atoms with Gasteiger partial charge in [-0.1, -0.05) is 0 Å². The van der Waals surface area contributed by atoms with Crippen LogP contribution in [-0.2, 0) is 24.2 Å². The maximum atomic E-state index is 11.4. The van der Waals surface area contributed by atoms with Crippen LogP contribution in [0, 0.1) is 0 Å². The van der Waals surface area contributed by atoms with Crippen LogP contribution in [0.5, 0.6) is 0 Å². The summed E-state index contributed by atoms with van der Waals surface area (Å²) in [7, 11) is 1.38. The minimum Gasteiger partial charge on any atom is -0.465 e. The van der Waals surface area contributed by atoms with Crippen molar-refractivity contribution in [2.75, 3.05) is 13.7 Å². The maximum Gasteiger partial charge on any atom is 0.339 e. The first-order valence-electron chi connectivity index (χ1n) is 6.57. The molecule has 0 spiro atoms. The normalized spacial score (nSPS) is 14.8. The molecule has 0 fully saturated rings. The van der Waals surface area contributed by atoms with Crippen molar-refractivity contribution in [1.29, 1.82) is 0 Å². The van der Waals surface area contributed by atoms with Gasteiger partial charge in [-0.15, -0.1) is 11.3 Å². The molecular weight excluding hydrogens is 272 g/mol. The zero-order valence-electron chi connectivity index (χ0n) is 11.3. The monoisotopic (exact) mass is 288 g/mol. The Kier molecular flexibility index (Phi) is 3.80. The number of carbonyl (C=O) groups is 1. The number of aromatic nitrogens is 1. The van der Waals surface area contributed by atoms with Crippen molar-refractivity contribution in [2.45, 2.75) is 19.5 Å². The van der Waals surface area contributed by atoms with Gasteiger partial charge in [0.2, 0.25) is 0 Å². The van der Waals surface area contributed by atoms with Crippen LogP contribution in [0.2, 0.25) is 0 Å². The van der Waals surface area contributed by atoms with E-state index in [1.807, 2.05) is 17.4 Å². The highest BCUT2D eigenvalue weighted by Crippen LogP contribution is 2.24. The Morgan fingerprint density at radius 3 is 3.10 bits per heavy atom.